The van der Waals surface area contributed by atoms with Crippen molar-refractivity contribution >= 4 is 22.7 Å². The highest BCUT2D eigenvalue weighted by molar-refractivity contribution is 7.98. The maximum atomic E-state index is 13.5. The summed E-state index contributed by atoms with van der Waals surface area (Å²) in [5.41, 5.74) is 3.04. The zero-order valence-corrected chi connectivity index (χ0v) is 19.7. The van der Waals surface area contributed by atoms with Gasteiger partial charge in [0.25, 0.3) is 5.56 Å². The molecule has 0 aliphatic carbocycles. The fourth-order valence-electron chi connectivity index (χ4n) is 3.69. The Kier molecular flexibility index (Phi) is 6.18. The van der Waals surface area contributed by atoms with Crippen molar-refractivity contribution in [3.63, 3.8) is 0 Å². The zero-order valence-electron chi connectivity index (χ0n) is 18.9. The van der Waals surface area contributed by atoms with E-state index >= 15 is 0 Å². The normalized spacial score (nSPS) is 11.1. The van der Waals surface area contributed by atoms with Gasteiger partial charge in [0.15, 0.2) is 5.16 Å². The summed E-state index contributed by atoms with van der Waals surface area (Å²) in [4.78, 5) is 23.0. The van der Waals surface area contributed by atoms with Crippen molar-refractivity contribution in [3.8, 4) is 22.9 Å². The minimum Gasteiger partial charge on any atom is -0.494 e. The van der Waals surface area contributed by atoms with Crippen LogP contribution < -0.4 is 10.3 Å². The van der Waals surface area contributed by atoms with Gasteiger partial charge in [-0.3, -0.25) is 9.36 Å². The lowest BCUT2D eigenvalue weighted by atomic mass is 10.2. The molecule has 0 aliphatic heterocycles. The third-order valence-corrected chi connectivity index (χ3v) is 6.35. The number of thioether (sulfide) groups is 1. The Labute approximate surface area is 201 Å². The first-order valence-electron chi connectivity index (χ1n) is 11.0. The number of aromatic nitrogens is 3. The Morgan fingerprint density at radius 3 is 2.44 bits per heavy atom. The van der Waals surface area contributed by atoms with Gasteiger partial charge in [0.1, 0.15) is 11.5 Å². The van der Waals surface area contributed by atoms with Crippen molar-refractivity contribution in [1.29, 1.82) is 0 Å². The largest absolute Gasteiger partial charge is 0.494 e. The van der Waals surface area contributed by atoms with E-state index in [0.29, 0.717) is 34.3 Å². The van der Waals surface area contributed by atoms with E-state index in [1.54, 1.807) is 10.6 Å². The monoisotopic (exact) mass is 469 g/mol. The van der Waals surface area contributed by atoms with Crippen LogP contribution >= 0.6 is 11.8 Å². The van der Waals surface area contributed by atoms with E-state index in [9.17, 15) is 4.79 Å². The lowest BCUT2D eigenvalue weighted by Gasteiger charge is -2.13. The molecule has 170 valence electrons. The van der Waals surface area contributed by atoms with Crippen LogP contribution in [0.5, 0.6) is 5.75 Å². The van der Waals surface area contributed by atoms with Gasteiger partial charge in [-0.1, -0.05) is 42.1 Å². The molecule has 0 aliphatic rings. The quantitative estimate of drug-likeness (QED) is 0.214. The first-order chi connectivity index (χ1) is 16.6. The second-order valence-electron chi connectivity index (χ2n) is 7.66. The van der Waals surface area contributed by atoms with Gasteiger partial charge in [-0.25, -0.2) is 9.97 Å². The number of hydrogen-bond donors (Lipinski definition) is 0. The third kappa shape index (κ3) is 4.34. The maximum Gasteiger partial charge on any atom is 0.266 e. The molecule has 3 aromatic carbocycles. The molecule has 0 spiro atoms. The summed E-state index contributed by atoms with van der Waals surface area (Å²) >= 11 is 1.46. The van der Waals surface area contributed by atoms with Gasteiger partial charge in [-0.2, -0.15) is 0 Å². The highest BCUT2D eigenvalue weighted by atomic mass is 32.2. The minimum absolute atomic E-state index is 0.112. The molecule has 0 atom stereocenters. The highest BCUT2D eigenvalue weighted by Gasteiger charge is 2.16. The molecule has 0 radical (unpaired) electrons. The number of aryl methyl sites for hydroxylation is 1. The van der Waals surface area contributed by atoms with Gasteiger partial charge in [0, 0.05) is 11.3 Å². The average Bonchev–Trinajstić information content (AvgIpc) is 3.25. The Balaban J connectivity index is 1.52. The molecule has 0 fully saturated rings. The molecule has 6 nitrogen and oxygen atoms in total. The molecule has 0 bridgehead atoms. The van der Waals surface area contributed by atoms with E-state index in [1.807, 2.05) is 86.6 Å². The molecule has 0 saturated heterocycles. The van der Waals surface area contributed by atoms with Crippen LogP contribution in [0.15, 0.2) is 93.2 Å². The number of benzene rings is 3. The lowest BCUT2D eigenvalue weighted by molar-refractivity contribution is 0.340. The van der Waals surface area contributed by atoms with Gasteiger partial charge >= 0.3 is 0 Å². The molecular weight excluding hydrogens is 446 g/mol. The maximum absolute atomic E-state index is 13.5. The summed E-state index contributed by atoms with van der Waals surface area (Å²) in [6, 6.07) is 24.7. The fourth-order valence-corrected chi connectivity index (χ4v) is 4.71. The van der Waals surface area contributed by atoms with Gasteiger partial charge in [0.2, 0.25) is 5.89 Å². The fraction of sp³-hybridized carbons (Fsp3) is 0.148. The topological polar surface area (TPSA) is 70.2 Å². The lowest BCUT2D eigenvalue weighted by Crippen LogP contribution is -2.21. The average molecular weight is 470 g/mol. The van der Waals surface area contributed by atoms with Crippen LogP contribution in [0, 0.1) is 6.92 Å². The summed E-state index contributed by atoms with van der Waals surface area (Å²) in [5, 5.41) is 1.17. The Bertz CT molecular complexity index is 1490. The van der Waals surface area contributed by atoms with Crippen molar-refractivity contribution < 1.29 is 9.15 Å². The molecule has 0 unspecified atom stereocenters. The zero-order chi connectivity index (χ0) is 23.5. The van der Waals surface area contributed by atoms with E-state index in [2.05, 4.69) is 0 Å². The SMILES string of the molecule is CCOc1ccc(-n2c(SCc3nc(-c4ccccc4)oc3C)nc3ccccc3c2=O)cc1. The standard InChI is InChI=1S/C27H23N3O3S/c1-3-32-21-15-13-20(14-16-21)30-26(31)22-11-7-8-12-23(22)29-27(30)34-17-24-18(2)33-25(28-24)19-9-5-4-6-10-19/h4-16H,3,17H2,1-2H3. The van der Waals surface area contributed by atoms with Crippen molar-refractivity contribution in [2.75, 3.05) is 6.61 Å². The van der Waals surface area contributed by atoms with Crippen LogP contribution in [-0.2, 0) is 5.75 Å². The second kappa shape index (κ2) is 9.57. The van der Waals surface area contributed by atoms with E-state index < -0.39 is 0 Å². The molecule has 0 saturated carbocycles. The van der Waals surface area contributed by atoms with Crippen LogP contribution in [0.2, 0.25) is 0 Å². The number of para-hydroxylation sites is 1. The van der Waals surface area contributed by atoms with Crippen LogP contribution in [0.25, 0.3) is 28.0 Å². The summed E-state index contributed by atoms with van der Waals surface area (Å²) in [6.45, 7) is 4.43. The van der Waals surface area contributed by atoms with E-state index in [-0.39, 0.29) is 5.56 Å². The van der Waals surface area contributed by atoms with E-state index in [1.165, 1.54) is 11.8 Å². The Morgan fingerprint density at radius 1 is 0.941 bits per heavy atom. The van der Waals surface area contributed by atoms with E-state index in [0.717, 1.165) is 28.5 Å². The second-order valence-corrected chi connectivity index (χ2v) is 8.60. The van der Waals surface area contributed by atoms with Gasteiger partial charge < -0.3 is 9.15 Å². The summed E-state index contributed by atoms with van der Waals surface area (Å²) in [5.74, 6) is 2.62. The molecule has 7 heteroatoms. The van der Waals surface area contributed by atoms with Crippen LogP contribution in [0.3, 0.4) is 0 Å². The molecule has 5 rings (SSSR count). The number of nitrogens with zero attached hydrogens (tertiary/aromatic N) is 3. The highest BCUT2D eigenvalue weighted by Crippen LogP contribution is 2.28. The molecule has 0 N–H and O–H groups in total. The molecule has 34 heavy (non-hydrogen) atoms. The molecule has 2 aromatic heterocycles. The predicted molar refractivity (Wildman–Crippen MR) is 135 cm³/mol. The third-order valence-electron chi connectivity index (χ3n) is 5.40. The molecular formula is C27H23N3O3S. The number of hydrogen-bond acceptors (Lipinski definition) is 6. The first kappa shape index (κ1) is 22.0. The van der Waals surface area contributed by atoms with Crippen LogP contribution in [0.4, 0.5) is 0 Å². The van der Waals surface area contributed by atoms with Crippen LogP contribution in [0.1, 0.15) is 18.4 Å². The van der Waals surface area contributed by atoms with Crippen molar-refractivity contribution in [2.45, 2.75) is 24.8 Å². The van der Waals surface area contributed by atoms with E-state index in [4.69, 9.17) is 19.1 Å². The Hall–Kier alpha value is -3.84. The smallest absolute Gasteiger partial charge is 0.266 e. The number of rotatable bonds is 7. The van der Waals surface area contributed by atoms with Crippen LogP contribution in [-0.4, -0.2) is 21.1 Å². The predicted octanol–water partition coefficient (Wildman–Crippen LogP) is 6.04. The molecule has 2 heterocycles. The summed E-state index contributed by atoms with van der Waals surface area (Å²) in [6.07, 6.45) is 0. The van der Waals surface area contributed by atoms with Crippen molar-refractivity contribution in [3.05, 3.63) is 101 Å². The number of ether oxygens (including phenoxy) is 1. The minimum atomic E-state index is -0.112. The first-order valence-corrected chi connectivity index (χ1v) is 12.0. The summed E-state index contributed by atoms with van der Waals surface area (Å²) in [7, 11) is 0. The molecule has 0 amide bonds. The number of oxazole rings is 1. The van der Waals surface area contributed by atoms with Gasteiger partial charge in [0.05, 0.1) is 28.9 Å². The van der Waals surface area contributed by atoms with Crippen molar-refractivity contribution in [2.24, 2.45) is 0 Å². The van der Waals surface area contributed by atoms with Gasteiger partial charge in [-0.15, -0.1) is 0 Å². The van der Waals surface area contributed by atoms with Crippen molar-refractivity contribution in [1.82, 2.24) is 14.5 Å². The summed E-state index contributed by atoms with van der Waals surface area (Å²) < 4.78 is 13.1. The van der Waals surface area contributed by atoms with Gasteiger partial charge in [-0.05, 0) is 62.4 Å². The molecule has 5 aromatic rings. The number of fused-ring (bicyclic) bond motifs is 1. The Morgan fingerprint density at radius 2 is 1.68 bits per heavy atom.